The summed E-state index contributed by atoms with van der Waals surface area (Å²) in [6.07, 6.45) is 2.55. The molecule has 2 aliphatic rings. The number of amides is 2. The van der Waals surface area contributed by atoms with Gasteiger partial charge in [-0.2, -0.15) is 0 Å². The van der Waals surface area contributed by atoms with Gasteiger partial charge in [-0.3, -0.25) is 19.2 Å². The second kappa shape index (κ2) is 8.55. The van der Waals surface area contributed by atoms with Crippen molar-refractivity contribution in [2.45, 2.75) is 31.7 Å². The number of benzene rings is 1. The lowest BCUT2D eigenvalue weighted by Crippen LogP contribution is -2.58. The summed E-state index contributed by atoms with van der Waals surface area (Å²) < 4.78 is 10.4. The Morgan fingerprint density at radius 1 is 1.19 bits per heavy atom. The number of likely N-dealkylation sites (tertiary alicyclic amines) is 1. The Labute approximate surface area is 180 Å². The van der Waals surface area contributed by atoms with Crippen LogP contribution in [-0.2, 0) is 19.2 Å². The first-order chi connectivity index (χ1) is 15.0. The first-order valence-electron chi connectivity index (χ1n) is 10.5. The SMILES string of the molecule is CCON1C(=O)C[C@@H](C(=O)OC)C12CCN(C(=O)c1cccc(-c3ccco3)c1)CC2. The van der Waals surface area contributed by atoms with Gasteiger partial charge in [0.15, 0.2) is 0 Å². The molecule has 4 rings (SSSR count). The van der Waals surface area contributed by atoms with Crippen LogP contribution < -0.4 is 0 Å². The molecule has 0 aliphatic carbocycles. The van der Waals surface area contributed by atoms with Gasteiger partial charge in [0.25, 0.3) is 5.91 Å². The van der Waals surface area contributed by atoms with Gasteiger partial charge >= 0.3 is 5.97 Å². The lowest BCUT2D eigenvalue weighted by Gasteiger charge is -2.45. The Hall–Kier alpha value is -3.13. The fourth-order valence-electron chi connectivity index (χ4n) is 4.69. The number of nitrogens with zero attached hydrogens (tertiary/aromatic N) is 2. The Kier molecular flexibility index (Phi) is 5.82. The summed E-state index contributed by atoms with van der Waals surface area (Å²) in [5, 5.41) is 1.37. The standard InChI is InChI=1S/C23H26N2O6/c1-3-31-25-20(26)15-18(22(28)29-2)23(25)9-11-24(12-10-23)21(27)17-7-4-6-16(14-17)19-8-5-13-30-19/h4-8,13-14,18H,3,9-12,15H2,1-2H3/t18-/m0/s1. The topological polar surface area (TPSA) is 89.3 Å². The van der Waals surface area contributed by atoms with Gasteiger partial charge in [0.2, 0.25) is 5.91 Å². The molecule has 8 heteroatoms. The average Bonchev–Trinajstić information content (AvgIpc) is 3.43. The van der Waals surface area contributed by atoms with E-state index in [9.17, 15) is 14.4 Å². The molecule has 0 unspecified atom stereocenters. The van der Waals surface area contributed by atoms with E-state index < -0.39 is 17.4 Å². The molecule has 2 amide bonds. The van der Waals surface area contributed by atoms with Crippen molar-refractivity contribution in [3.8, 4) is 11.3 Å². The molecule has 2 aliphatic heterocycles. The van der Waals surface area contributed by atoms with E-state index in [-0.39, 0.29) is 18.2 Å². The molecule has 1 spiro atoms. The van der Waals surface area contributed by atoms with Gasteiger partial charge in [-0.05, 0) is 44.0 Å². The highest BCUT2D eigenvalue weighted by Gasteiger charge is 2.58. The third-order valence-corrected chi connectivity index (χ3v) is 6.23. The summed E-state index contributed by atoms with van der Waals surface area (Å²) in [4.78, 5) is 45.5. The maximum absolute atomic E-state index is 13.2. The number of rotatable bonds is 5. The van der Waals surface area contributed by atoms with Gasteiger partial charge in [-0.1, -0.05) is 12.1 Å². The summed E-state index contributed by atoms with van der Waals surface area (Å²) in [7, 11) is 1.33. The van der Waals surface area contributed by atoms with Crippen molar-refractivity contribution in [1.82, 2.24) is 9.96 Å². The molecule has 2 aromatic rings. The predicted octanol–water partition coefficient (Wildman–Crippen LogP) is 2.89. The summed E-state index contributed by atoms with van der Waals surface area (Å²) >= 11 is 0. The van der Waals surface area contributed by atoms with Crippen LogP contribution in [0.1, 0.15) is 36.5 Å². The second-order valence-electron chi connectivity index (χ2n) is 7.84. The van der Waals surface area contributed by atoms with Crippen LogP contribution in [0.15, 0.2) is 47.1 Å². The van der Waals surface area contributed by atoms with Gasteiger partial charge in [0.05, 0.1) is 31.4 Å². The molecule has 8 nitrogen and oxygen atoms in total. The largest absolute Gasteiger partial charge is 0.469 e. The van der Waals surface area contributed by atoms with Crippen molar-refractivity contribution in [3.05, 3.63) is 48.2 Å². The molecule has 31 heavy (non-hydrogen) atoms. The third kappa shape index (κ3) is 3.72. The van der Waals surface area contributed by atoms with Crippen molar-refractivity contribution in [2.75, 3.05) is 26.8 Å². The second-order valence-corrected chi connectivity index (χ2v) is 7.84. The van der Waals surface area contributed by atoms with E-state index in [2.05, 4.69) is 0 Å². The molecule has 2 fully saturated rings. The molecule has 2 saturated heterocycles. The van der Waals surface area contributed by atoms with Crippen LogP contribution in [0.3, 0.4) is 0 Å². The van der Waals surface area contributed by atoms with Gasteiger partial charge in [0.1, 0.15) is 5.76 Å². The molecule has 0 N–H and O–H groups in total. The van der Waals surface area contributed by atoms with E-state index in [4.69, 9.17) is 14.0 Å². The molecule has 0 bridgehead atoms. The lowest BCUT2D eigenvalue weighted by molar-refractivity contribution is -0.220. The molecular formula is C23H26N2O6. The number of hydroxylamine groups is 2. The number of esters is 1. The van der Waals surface area contributed by atoms with Gasteiger partial charge in [-0.15, -0.1) is 0 Å². The average molecular weight is 426 g/mol. The summed E-state index contributed by atoms with van der Waals surface area (Å²) in [5.41, 5.74) is 0.616. The molecular weight excluding hydrogens is 400 g/mol. The Morgan fingerprint density at radius 3 is 2.61 bits per heavy atom. The first-order valence-corrected chi connectivity index (χ1v) is 10.5. The zero-order chi connectivity index (χ0) is 22.0. The first kappa shape index (κ1) is 21.1. The van der Waals surface area contributed by atoms with E-state index in [0.29, 0.717) is 43.9 Å². The van der Waals surface area contributed by atoms with Crippen molar-refractivity contribution in [1.29, 1.82) is 0 Å². The quantitative estimate of drug-likeness (QED) is 0.683. The molecule has 1 aromatic carbocycles. The number of carbonyl (C=O) groups is 3. The normalized spacial score (nSPS) is 20.3. The predicted molar refractivity (Wildman–Crippen MR) is 111 cm³/mol. The minimum absolute atomic E-state index is 0.0613. The van der Waals surface area contributed by atoms with Crippen LogP contribution in [0.2, 0.25) is 0 Å². The maximum atomic E-state index is 13.2. The summed E-state index contributed by atoms with van der Waals surface area (Å²) in [6.45, 7) is 2.95. The highest BCUT2D eigenvalue weighted by atomic mass is 16.7. The number of hydrogen-bond acceptors (Lipinski definition) is 6. The van der Waals surface area contributed by atoms with Crippen molar-refractivity contribution in [3.63, 3.8) is 0 Å². The van der Waals surface area contributed by atoms with Crippen molar-refractivity contribution < 1.29 is 28.4 Å². The van der Waals surface area contributed by atoms with Crippen LogP contribution in [-0.4, -0.2) is 60.1 Å². The number of ether oxygens (including phenoxy) is 1. The molecule has 0 saturated carbocycles. The number of furan rings is 1. The monoisotopic (exact) mass is 426 g/mol. The van der Waals surface area contributed by atoms with E-state index in [0.717, 1.165) is 5.56 Å². The van der Waals surface area contributed by atoms with E-state index in [1.807, 2.05) is 24.3 Å². The smallest absolute Gasteiger partial charge is 0.311 e. The van der Waals surface area contributed by atoms with Crippen molar-refractivity contribution >= 4 is 17.8 Å². The summed E-state index contributed by atoms with van der Waals surface area (Å²) in [5.74, 6) is -0.629. The molecule has 3 heterocycles. The minimum atomic E-state index is -0.785. The zero-order valence-electron chi connectivity index (χ0n) is 17.7. The van der Waals surface area contributed by atoms with Crippen LogP contribution in [0.25, 0.3) is 11.3 Å². The van der Waals surface area contributed by atoms with Crippen LogP contribution in [0, 0.1) is 5.92 Å². The highest BCUT2D eigenvalue weighted by Crippen LogP contribution is 2.44. The van der Waals surface area contributed by atoms with E-state index >= 15 is 0 Å². The van der Waals surface area contributed by atoms with Crippen LogP contribution >= 0.6 is 0 Å². The van der Waals surface area contributed by atoms with E-state index in [1.165, 1.54) is 12.2 Å². The highest BCUT2D eigenvalue weighted by molar-refractivity contribution is 5.95. The zero-order valence-corrected chi connectivity index (χ0v) is 17.7. The Balaban J connectivity index is 1.53. The maximum Gasteiger partial charge on any atom is 0.311 e. The Bertz CT molecular complexity index is 962. The number of hydrogen-bond donors (Lipinski definition) is 0. The van der Waals surface area contributed by atoms with Gasteiger partial charge in [0, 0.05) is 30.6 Å². The van der Waals surface area contributed by atoms with Crippen molar-refractivity contribution in [2.24, 2.45) is 5.92 Å². The number of carbonyl (C=O) groups excluding carboxylic acids is 3. The minimum Gasteiger partial charge on any atom is -0.469 e. The number of methoxy groups -OCH3 is 1. The Morgan fingerprint density at radius 2 is 1.97 bits per heavy atom. The number of piperidine rings is 1. The third-order valence-electron chi connectivity index (χ3n) is 6.23. The fourth-order valence-corrected chi connectivity index (χ4v) is 4.69. The molecule has 164 valence electrons. The van der Waals surface area contributed by atoms with Crippen LogP contribution in [0.4, 0.5) is 0 Å². The van der Waals surface area contributed by atoms with Gasteiger partial charge < -0.3 is 14.1 Å². The molecule has 1 aromatic heterocycles. The summed E-state index contributed by atoms with van der Waals surface area (Å²) in [6, 6.07) is 11.0. The lowest BCUT2D eigenvalue weighted by atomic mass is 9.77. The van der Waals surface area contributed by atoms with Crippen LogP contribution in [0.5, 0.6) is 0 Å². The molecule has 0 radical (unpaired) electrons. The molecule has 1 atom stereocenters. The van der Waals surface area contributed by atoms with Gasteiger partial charge in [-0.25, -0.2) is 5.06 Å². The fraction of sp³-hybridized carbons (Fsp3) is 0.435. The van der Waals surface area contributed by atoms with E-state index in [1.54, 1.807) is 30.2 Å².